The van der Waals surface area contributed by atoms with E-state index in [1.807, 2.05) is 6.07 Å². The Balaban J connectivity index is 1.67. The van der Waals surface area contributed by atoms with Gasteiger partial charge in [-0.25, -0.2) is 4.39 Å². The summed E-state index contributed by atoms with van der Waals surface area (Å²) >= 11 is 6.10. The molecule has 1 aliphatic rings. The highest BCUT2D eigenvalue weighted by Crippen LogP contribution is 2.49. The van der Waals surface area contributed by atoms with E-state index < -0.39 is 0 Å². The zero-order valence-corrected chi connectivity index (χ0v) is 11.9. The molecule has 3 heteroatoms. The Hall–Kier alpha value is -1.38. The molecule has 0 radical (unpaired) electrons. The summed E-state index contributed by atoms with van der Waals surface area (Å²) in [5.74, 6) is 0.752. The molecule has 2 N–H and O–H groups in total. The van der Waals surface area contributed by atoms with E-state index in [-0.39, 0.29) is 11.9 Å². The van der Waals surface area contributed by atoms with E-state index in [9.17, 15) is 4.39 Å². The maximum atomic E-state index is 13.3. The van der Waals surface area contributed by atoms with Crippen molar-refractivity contribution in [3.63, 3.8) is 0 Å². The second-order valence-electron chi connectivity index (χ2n) is 5.52. The molecule has 0 bridgehead atoms. The molecular weight excluding hydrogens is 273 g/mol. The summed E-state index contributed by atoms with van der Waals surface area (Å²) in [6, 6.07) is 14.9. The first-order valence-electron chi connectivity index (χ1n) is 6.89. The fraction of sp³-hybridized carbons (Fsp3) is 0.294. The number of rotatable bonds is 4. The van der Waals surface area contributed by atoms with Crippen LogP contribution in [0, 0.1) is 11.7 Å². The molecule has 3 atom stereocenters. The van der Waals surface area contributed by atoms with Crippen molar-refractivity contribution in [2.45, 2.75) is 24.8 Å². The monoisotopic (exact) mass is 289 g/mol. The van der Waals surface area contributed by atoms with Gasteiger partial charge in [-0.3, -0.25) is 0 Å². The van der Waals surface area contributed by atoms with Crippen LogP contribution in [0.25, 0.3) is 0 Å². The van der Waals surface area contributed by atoms with Gasteiger partial charge >= 0.3 is 0 Å². The number of hydrogen-bond donors (Lipinski definition) is 1. The minimum absolute atomic E-state index is 0.0273. The summed E-state index contributed by atoms with van der Waals surface area (Å²) in [5, 5.41) is 0.596. The Morgan fingerprint density at radius 3 is 2.70 bits per heavy atom. The van der Waals surface area contributed by atoms with Crippen LogP contribution >= 0.6 is 11.6 Å². The van der Waals surface area contributed by atoms with E-state index >= 15 is 0 Å². The van der Waals surface area contributed by atoms with Gasteiger partial charge in [0.05, 0.1) is 0 Å². The van der Waals surface area contributed by atoms with Crippen LogP contribution in [-0.2, 0) is 6.42 Å². The molecule has 0 aromatic heterocycles. The molecule has 0 saturated heterocycles. The number of halogens is 2. The van der Waals surface area contributed by atoms with Crippen molar-refractivity contribution >= 4 is 11.6 Å². The van der Waals surface area contributed by atoms with Gasteiger partial charge < -0.3 is 5.73 Å². The van der Waals surface area contributed by atoms with Crippen molar-refractivity contribution < 1.29 is 4.39 Å². The lowest BCUT2D eigenvalue weighted by atomic mass is 9.99. The topological polar surface area (TPSA) is 26.0 Å². The third-order valence-corrected chi connectivity index (χ3v) is 4.45. The molecule has 1 saturated carbocycles. The SMILES string of the molecule is NC(Cc1cc(F)ccc1Cl)C1CC1c1ccccc1. The Kier molecular flexibility index (Phi) is 3.77. The van der Waals surface area contributed by atoms with E-state index in [1.54, 1.807) is 6.07 Å². The molecule has 3 rings (SSSR count). The predicted octanol–water partition coefficient (Wildman–Crippen LogP) is 4.15. The Labute approximate surface area is 123 Å². The van der Waals surface area contributed by atoms with Gasteiger partial charge in [0, 0.05) is 11.1 Å². The summed E-state index contributed by atoms with van der Waals surface area (Å²) in [5.41, 5.74) is 8.43. The quantitative estimate of drug-likeness (QED) is 0.899. The molecule has 1 fully saturated rings. The van der Waals surface area contributed by atoms with Crippen LogP contribution in [-0.4, -0.2) is 6.04 Å². The van der Waals surface area contributed by atoms with Gasteiger partial charge in [-0.15, -0.1) is 0 Å². The predicted molar refractivity (Wildman–Crippen MR) is 80.4 cm³/mol. The third kappa shape index (κ3) is 2.87. The molecule has 0 amide bonds. The average molecular weight is 290 g/mol. The molecular formula is C17H17ClFN. The molecule has 20 heavy (non-hydrogen) atoms. The van der Waals surface area contributed by atoms with E-state index in [1.165, 1.54) is 17.7 Å². The summed E-state index contributed by atoms with van der Waals surface area (Å²) in [7, 11) is 0. The van der Waals surface area contributed by atoms with Gasteiger partial charge in [-0.05, 0) is 54.0 Å². The van der Waals surface area contributed by atoms with Gasteiger partial charge in [-0.2, -0.15) is 0 Å². The zero-order valence-electron chi connectivity index (χ0n) is 11.1. The first kappa shape index (κ1) is 13.6. The Morgan fingerprint density at radius 1 is 1.20 bits per heavy atom. The molecule has 2 aromatic carbocycles. The molecule has 3 unspecified atom stereocenters. The van der Waals surface area contributed by atoms with Crippen LogP contribution < -0.4 is 5.73 Å². The summed E-state index contributed by atoms with van der Waals surface area (Å²) < 4.78 is 13.3. The second-order valence-corrected chi connectivity index (χ2v) is 5.93. The van der Waals surface area contributed by atoms with Crippen LogP contribution in [0.5, 0.6) is 0 Å². The van der Waals surface area contributed by atoms with Crippen molar-refractivity contribution in [1.82, 2.24) is 0 Å². The summed E-state index contributed by atoms with van der Waals surface area (Å²) in [4.78, 5) is 0. The van der Waals surface area contributed by atoms with E-state index in [0.717, 1.165) is 12.0 Å². The fourth-order valence-electron chi connectivity index (χ4n) is 2.88. The van der Waals surface area contributed by atoms with E-state index in [4.69, 9.17) is 17.3 Å². The lowest BCUT2D eigenvalue weighted by molar-refractivity contribution is 0.572. The Morgan fingerprint density at radius 2 is 1.95 bits per heavy atom. The summed E-state index contributed by atoms with van der Waals surface area (Å²) in [6.45, 7) is 0. The lowest BCUT2D eigenvalue weighted by Crippen LogP contribution is -2.26. The molecule has 1 aliphatic carbocycles. The molecule has 0 spiro atoms. The van der Waals surface area contributed by atoms with Crippen LogP contribution in [0.15, 0.2) is 48.5 Å². The molecule has 104 valence electrons. The van der Waals surface area contributed by atoms with Crippen molar-refractivity contribution in [2.75, 3.05) is 0 Å². The molecule has 1 nitrogen and oxygen atoms in total. The fourth-order valence-corrected chi connectivity index (χ4v) is 3.07. The number of nitrogens with two attached hydrogens (primary N) is 1. The molecule has 0 aliphatic heterocycles. The largest absolute Gasteiger partial charge is 0.327 e. The van der Waals surface area contributed by atoms with Crippen molar-refractivity contribution in [3.05, 3.63) is 70.5 Å². The first-order valence-corrected chi connectivity index (χ1v) is 7.27. The lowest BCUT2D eigenvalue weighted by Gasteiger charge is -2.13. The smallest absolute Gasteiger partial charge is 0.123 e. The maximum Gasteiger partial charge on any atom is 0.123 e. The second kappa shape index (κ2) is 5.55. The highest BCUT2D eigenvalue weighted by Gasteiger charge is 2.42. The van der Waals surface area contributed by atoms with Gasteiger partial charge in [-0.1, -0.05) is 41.9 Å². The number of benzene rings is 2. The van der Waals surface area contributed by atoms with Gasteiger partial charge in [0.15, 0.2) is 0 Å². The minimum Gasteiger partial charge on any atom is -0.327 e. The average Bonchev–Trinajstić information content (AvgIpc) is 3.24. The van der Waals surface area contributed by atoms with E-state index in [2.05, 4.69) is 24.3 Å². The highest BCUT2D eigenvalue weighted by molar-refractivity contribution is 6.31. The van der Waals surface area contributed by atoms with Crippen LogP contribution in [0.1, 0.15) is 23.5 Å². The van der Waals surface area contributed by atoms with Crippen LogP contribution in [0.2, 0.25) is 5.02 Å². The first-order chi connectivity index (χ1) is 9.65. The standard InChI is InChI=1S/C17H17ClFN/c18-16-7-6-13(19)8-12(16)9-17(20)15-10-14(15)11-4-2-1-3-5-11/h1-8,14-15,17H,9-10,20H2. The van der Waals surface area contributed by atoms with Gasteiger partial charge in [0.2, 0.25) is 0 Å². The van der Waals surface area contributed by atoms with Crippen molar-refractivity contribution in [3.8, 4) is 0 Å². The van der Waals surface area contributed by atoms with Crippen LogP contribution in [0.4, 0.5) is 4.39 Å². The molecule has 2 aromatic rings. The van der Waals surface area contributed by atoms with Gasteiger partial charge in [0.1, 0.15) is 5.82 Å². The van der Waals surface area contributed by atoms with Crippen LogP contribution in [0.3, 0.4) is 0 Å². The highest BCUT2D eigenvalue weighted by atomic mass is 35.5. The minimum atomic E-state index is -0.257. The van der Waals surface area contributed by atoms with Crippen molar-refractivity contribution in [2.24, 2.45) is 11.7 Å². The number of hydrogen-bond acceptors (Lipinski definition) is 1. The summed E-state index contributed by atoms with van der Waals surface area (Å²) in [6.07, 6.45) is 1.74. The Bertz CT molecular complexity index is 599. The zero-order chi connectivity index (χ0) is 14.1. The van der Waals surface area contributed by atoms with Crippen molar-refractivity contribution in [1.29, 1.82) is 0 Å². The molecule has 0 heterocycles. The van der Waals surface area contributed by atoms with E-state index in [0.29, 0.717) is 23.3 Å². The normalized spacial score (nSPS) is 22.6. The van der Waals surface area contributed by atoms with Gasteiger partial charge in [0.25, 0.3) is 0 Å². The third-order valence-electron chi connectivity index (χ3n) is 4.08. The maximum absolute atomic E-state index is 13.3.